The van der Waals surface area contributed by atoms with Crippen LogP contribution in [0.2, 0.25) is 0 Å². The molecule has 27 heavy (non-hydrogen) atoms. The van der Waals surface area contributed by atoms with Crippen LogP contribution >= 0.6 is 11.6 Å². The molecular weight excluding hydrogens is 364 g/mol. The van der Waals surface area contributed by atoms with Crippen LogP contribution in [0.4, 0.5) is 0 Å². The first-order valence-corrected chi connectivity index (χ1v) is 9.31. The molecule has 0 saturated carbocycles. The minimum absolute atomic E-state index is 0.266. The molecule has 1 aromatic carbocycles. The lowest BCUT2D eigenvalue weighted by Gasteiger charge is -2.08. The predicted octanol–water partition coefficient (Wildman–Crippen LogP) is 6.11. The molecule has 0 spiro atoms. The molecule has 2 heterocycles. The molecule has 142 valence electrons. The zero-order valence-corrected chi connectivity index (χ0v) is 16.7. The molecular formula is C21H23ClN2O3. The Kier molecular flexibility index (Phi) is 6.01. The van der Waals surface area contributed by atoms with Gasteiger partial charge in [-0.15, -0.1) is 10.2 Å². The Morgan fingerprint density at radius 2 is 1.89 bits per heavy atom. The van der Waals surface area contributed by atoms with Gasteiger partial charge in [0.15, 0.2) is 0 Å². The number of furan rings is 1. The SMILES string of the molecule is Cc1cc(-c2nnc(/C(Cl)=C/c3ccc(OCCC(C)C)cc3)o2)c(C)o1. The molecule has 0 radical (unpaired) electrons. The van der Waals surface area contributed by atoms with E-state index >= 15 is 0 Å². The number of aryl methyl sites for hydroxylation is 2. The molecule has 2 aromatic heterocycles. The smallest absolute Gasteiger partial charge is 0.259 e. The van der Waals surface area contributed by atoms with Crippen LogP contribution in [0.25, 0.3) is 22.6 Å². The highest BCUT2D eigenvalue weighted by molar-refractivity contribution is 6.50. The van der Waals surface area contributed by atoms with Crippen molar-refractivity contribution >= 4 is 22.7 Å². The highest BCUT2D eigenvalue weighted by Crippen LogP contribution is 2.29. The lowest BCUT2D eigenvalue weighted by atomic mass is 10.1. The lowest BCUT2D eigenvalue weighted by molar-refractivity contribution is 0.289. The van der Waals surface area contributed by atoms with E-state index in [1.807, 2.05) is 44.2 Å². The zero-order chi connectivity index (χ0) is 19.4. The monoisotopic (exact) mass is 386 g/mol. The second-order valence-corrected chi connectivity index (χ2v) is 7.24. The van der Waals surface area contributed by atoms with E-state index in [1.165, 1.54) is 0 Å². The number of aromatic nitrogens is 2. The van der Waals surface area contributed by atoms with Crippen molar-refractivity contribution in [1.29, 1.82) is 0 Å². The van der Waals surface area contributed by atoms with Crippen LogP contribution < -0.4 is 4.74 Å². The summed E-state index contributed by atoms with van der Waals surface area (Å²) < 4.78 is 16.9. The molecule has 3 rings (SSSR count). The summed E-state index contributed by atoms with van der Waals surface area (Å²) in [5, 5.41) is 8.47. The highest BCUT2D eigenvalue weighted by atomic mass is 35.5. The van der Waals surface area contributed by atoms with Crippen LogP contribution in [0.5, 0.6) is 5.75 Å². The molecule has 0 saturated heterocycles. The normalized spacial score (nSPS) is 12.0. The first-order chi connectivity index (χ1) is 12.9. The second kappa shape index (κ2) is 8.44. The van der Waals surface area contributed by atoms with Crippen molar-refractivity contribution in [1.82, 2.24) is 10.2 Å². The van der Waals surface area contributed by atoms with E-state index in [9.17, 15) is 0 Å². The predicted molar refractivity (Wildman–Crippen MR) is 107 cm³/mol. The summed E-state index contributed by atoms with van der Waals surface area (Å²) in [6.07, 6.45) is 2.81. The minimum atomic E-state index is 0.266. The van der Waals surface area contributed by atoms with Crippen molar-refractivity contribution in [3.05, 3.63) is 53.3 Å². The van der Waals surface area contributed by atoms with E-state index in [0.29, 0.717) is 23.4 Å². The average molecular weight is 387 g/mol. The molecule has 0 aliphatic heterocycles. The summed E-state index contributed by atoms with van der Waals surface area (Å²) in [5.41, 5.74) is 1.70. The highest BCUT2D eigenvalue weighted by Gasteiger charge is 2.16. The van der Waals surface area contributed by atoms with Crippen molar-refractivity contribution in [3.63, 3.8) is 0 Å². The molecule has 0 bridgehead atoms. The van der Waals surface area contributed by atoms with Crippen molar-refractivity contribution in [2.24, 2.45) is 5.92 Å². The molecule has 0 aliphatic carbocycles. The number of halogens is 1. The summed E-state index contributed by atoms with van der Waals surface area (Å²) in [6.45, 7) is 8.80. The van der Waals surface area contributed by atoms with Gasteiger partial charge in [-0.05, 0) is 56.0 Å². The maximum absolute atomic E-state index is 6.35. The Bertz CT molecular complexity index is 923. The van der Waals surface area contributed by atoms with Crippen LogP contribution in [0, 0.1) is 19.8 Å². The molecule has 5 nitrogen and oxygen atoms in total. The van der Waals surface area contributed by atoms with E-state index in [2.05, 4.69) is 24.0 Å². The van der Waals surface area contributed by atoms with Gasteiger partial charge in [-0.1, -0.05) is 37.6 Å². The second-order valence-electron chi connectivity index (χ2n) is 6.83. The molecule has 0 amide bonds. The van der Waals surface area contributed by atoms with Gasteiger partial charge in [0, 0.05) is 0 Å². The summed E-state index contributed by atoms with van der Waals surface area (Å²) in [5.74, 6) is 3.65. The largest absolute Gasteiger partial charge is 0.494 e. The van der Waals surface area contributed by atoms with Crippen molar-refractivity contribution in [2.45, 2.75) is 34.1 Å². The van der Waals surface area contributed by atoms with E-state index < -0.39 is 0 Å². The van der Waals surface area contributed by atoms with Crippen LogP contribution in [0.15, 0.2) is 39.2 Å². The van der Waals surface area contributed by atoms with E-state index in [1.54, 1.807) is 6.08 Å². The molecule has 3 aromatic rings. The van der Waals surface area contributed by atoms with Crippen LogP contribution in [-0.4, -0.2) is 16.8 Å². The minimum Gasteiger partial charge on any atom is -0.494 e. The number of rotatable bonds is 7. The van der Waals surface area contributed by atoms with Gasteiger partial charge in [-0.2, -0.15) is 0 Å². The average Bonchev–Trinajstić information content (AvgIpc) is 3.22. The zero-order valence-electron chi connectivity index (χ0n) is 16.0. The third-order valence-electron chi connectivity index (χ3n) is 4.04. The molecule has 6 heteroatoms. The third-order valence-corrected chi connectivity index (χ3v) is 4.31. The van der Waals surface area contributed by atoms with Crippen molar-refractivity contribution in [2.75, 3.05) is 6.61 Å². The molecule has 0 unspecified atom stereocenters. The van der Waals surface area contributed by atoms with E-state index in [-0.39, 0.29) is 5.89 Å². The van der Waals surface area contributed by atoms with E-state index in [4.69, 9.17) is 25.2 Å². The van der Waals surface area contributed by atoms with Gasteiger partial charge in [0.25, 0.3) is 11.8 Å². The molecule has 0 atom stereocenters. The fourth-order valence-corrected chi connectivity index (χ4v) is 2.75. The standard InChI is InChI=1S/C21H23ClN2O3/c1-13(2)9-10-25-17-7-5-16(6-8-17)12-19(22)21-24-23-20(27-21)18-11-14(3)26-15(18)4/h5-8,11-13H,9-10H2,1-4H3/b19-12-. The topological polar surface area (TPSA) is 61.3 Å². The van der Waals surface area contributed by atoms with Crippen molar-refractivity contribution < 1.29 is 13.6 Å². The fourth-order valence-electron chi connectivity index (χ4n) is 2.55. The molecule has 0 fully saturated rings. The molecule has 0 aliphatic rings. The number of nitrogens with zero attached hydrogens (tertiary/aromatic N) is 2. The summed E-state index contributed by atoms with van der Waals surface area (Å²) in [4.78, 5) is 0. The van der Waals surface area contributed by atoms with Gasteiger partial charge < -0.3 is 13.6 Å². The Morgan fingerprint density at radius 1 is 1.15 bits per heavy atom. The van der Waals surface area contributed by atoms with Crippen LogP contribution in [0.1, 0.15) is 43.2 Å². The van der Waals surface area contributed by atoms with Gasteiger partial charge in [0.1, 0.15) is 22.3 Å². The van der Waals surface area contributed by atoms with Gasteiger partial charge in [0.2, 0.25) is 0 Å². The Hall–Kier alpha value is -2.53. The van der Waals surface area contributed by atoms with Gasteiger partial charge in [0.05, 0.1) is 12.2 Å². The number of ether oxygens (including phenoxy) is 1. The fraction of sp³-hybridized carbons (Fsp3) is 0.333. The van der Waals surface area contributed by atoms with Crippen molar-refractivity contribution in [3.8, 4) is 17.2 Å². The van der Waals surface area contributed by atoms with Gasteiger partial charge in [-0.25, -0.2) is 0 Å². The van der Waals surface area contributed by atoms with Crippen LogP contribution in [0.3, 0.4) is 0 Å². The number of benzene rings is 1. The van der Waals surface area contributed by atoms with Crippen LogP contribution in [-0.2, 0) is 0 Å². The Labute approximate surface area is 164 Å². The molecule has 0 N–H and O–H groups in total. The quantitative estimate of drug-likeness (QED) is 0.490. The van der Waals surface area contributed by atoms with Gasteiger partial charge in [-0.3, -0.25) is 0 Å². The summed E-state index contributed by atoms with van der Waals surface area (Å²) >= 11 is 6.35. The maximum Gasteiger partial charge on any atom is 0.259 e. The third kappa shape index (κ3) is 5.01. The first kappa shape index (κ1) is 19.2. The number of hydrogen-bond acceptors (Lipinski definition) is 5. The first-order valence-electron chi connectivity index (χ1n) is 8.93. The van der Waals surface area contributed by atoms with Gasteiger partial charge >= 0.3 is 0 Å². The number of hydrogen-bond donors (Lipinski definition) is 0. The maximum atomic E-state index is 6.35. The van der Waals surface area contributed by atoms with E-state index in [0.717, 1.165) is 34.8 Å². The summed E-state index contributed by atoms with van der Waals surface area (Å²) in [6, 6.07) is 9.59. The lowest BCUT2D eigenvalue weighted by Crippen LogP contribution is -2.01. The Balaban J connectivity index is 1.69. The Morgan fingerprint density at radius 3 is 2.52 bits per heavy atom. The summed E-state index contributed by atoms with van der Waals surface area (Å²) in [7, 11) is 0.